The lowest BCUT2D eigenvalue weighted by molar-refractivity contribution is -0.0180. The summed E-state index contributed by atoms with van der Waals surface area (Å²) in [5.74, 6) is 1.44. The van der Waals surface area contributed by atoms with E-state index in [0.29, 0.717) is 30.6 Å². The Morgan fingerprint density at radius 3 is 2.64 bits per heavy atom. The van der Waals surface area contributed by atoms with E-state index in [2.05, 4.69) is 20.5 Å². The first-order valence-electron chi connectivity index (χ1n) is 9.85. The number of hydrogen-bond donors (Lipinski definition) is 3. The summed E-state index contributed by atoms with van der Waals surface area (Å²) in [6, 6.07) is 7.31. The van der Waals surface area contributed by atoms with Gasteiger partial charge in [0.1, 0.15) is 11.9 Å². The van der Waals surface area contributed by atoms with Gasteiger partial charge in [0.15, 0.2) is 5.96 Å². The van der Waals surface area contributed by atoms with Gasteiger partial charge in [-0.05, 0) is 45.0 Å². The molecular formula is C20H33ClN4O3. The normalized spacial score (nSPS) is 19.0. The Morgan fingerprint density at radius 2 is 2.00 bits per heavy atom. The first kappa shape index (κ1) is 22.7. The molecule has 0 aliphatic carbocycles. The van der Waals surface area contributed by atoms with E-state index in [0.717, 1.165) is 38.6 Å². The van der Waals surface area contributed by atoms with Crippen LogP contribution >= 0.6 is 11.6 Å². The van der Waals surface area contributed by atoms with Gasteiger partial charge in [0.05, 0.1) is 31.9 Å². The molecule has 0 spiro atoms. The van der Waals surface area contributed by atoms with Crippen LogP contribution in [0, 0.1) is 0 Å². The minimum atomic E-state index is -0.898. The second kappa shape index (κ2) is 11.5. The standard InChI is InChI=1S/C20H33ClN4O3/c1-4-22-19(23-13-16(2)28-18-7-5-17(21)6-8-18)24-14-20(3,26)15-25-9-11-27-12-10-25/h5-8,16,26H,4,9-15H2,1-3H3,(H2,22,23,24). The molecule has 0 radical (unpaired) electrons. The molecule has 0 amide bonds. The summed E-state index contributed by atoms with van der Waals surface area (Å²) in [6.07, 6.45) is -0.0566. The highest BCUT2D eigenvalue weighted by Crippen LogP contribution is 2.16. The van der Waals surface area contributed by atoms with Crippen LogP contribution in [0.15, 0.2) is 29.3 Å². The number of aliphatic imine (C=N–C) groups is 1. The van der Waals surface area contributed by atoms with Gasteiger partial charge in [0.25, 0.3) is 0 Å². The largest absolute Gasteiger partial charge is 0.489 e. The third kappa shape index (κ3) is 8.65. The van der Waals surface area contributed by atoms with Crippen molar-refractivity contribution in [3.8, 4) is 5.75 Å². The summed E-state index contributed by atoms with van der Waals surface area (Å²) in [6.45, 7) is 11.2. The Bertz CT molecular complexity index is 604. The Kier molecular flexibility index (Phi) is 9.31. The van der Waals surface area contributed by atoms with Crippen LogP contribution in [0.4, 0.5) is 0 Å². The second-order valence-corrected chi connectivity index (χ2v) is 7.78. The topological polar surface area (TPSA) is 78.4 Å². The highest BCUT2D eigenvalue weighted by atomic mass is 35.5. The van der Waals surface area contributed by atoms with E-state index in [1.54, 1.807) is 12.1 Å². The third-order valence-corrected chi connectivity index (χ3v) is 4.55. The number of ether oxygens (including phenoxy) is 2. The average Bonchev–Trinajstić information content (AvgIpc) is 2.66. The SMILES string of the molecule is CCNC(=NCC(C)(O)CN1CCOCC1)NCC(C)Oc1ccc(Cl)cc1. The summed E-state index contributed by atoms with van der Waals surface area (Å²) >= 11 is 5.90. The van der Waals surface area contributed by atoms with Gasteiger partial charge in [0.2, 0.25) is 0 Å². The zero-order valence-electron chi connectivity index (χ0n) is 17.1. The fourth-order valence-electron chi connectivity index (χ4n) is 2.91. The minimum Gasteiger partial charge on any atom is -0.489 e. The van der Waals surface area contributed by atoms with Crippen molar-refractivity contribution >= 4 is 17.6 Å². The number of morpholine rings is 1. The number of aliphatic hydroxyl groups is 1. The van der Waals surface area contributed by atoms with E-state index in [9.17, 15) is 5.11 Å². The van der Waals surface area contributed by atoms with Crippen LogP contribution in [0.1, 0.15) is 20.8 Å². The highest BCUT2D eigenvalue weighted by Gasteiger charge is 2.25. The van der Waals surface area contributed by atoms with Gasteiger partial charge < -0.3 is 25.2 Å². The van der Waals surface area contributed by atoms with Crippen LogP contribution in [0.3, 0.4) is 0 Å². The smallest absolute Gasteiger partial charge is 0.191 e. The fourth-order valence-corrected chi connectivity index (χ4v) is 3.04. The molecule has 1 heterocycles. The van der Waals surface area contributed by atoms with Gasteiger partial charge in [-0.25, -0.2) is 0 Å². The molecule has 158 valence electrons. The van der Waals surface area contributed by atoms with Crippen LogP contribution in [0.5, 0.6) is 5.75 Å². The molecular weight excluding hydrogens is 380 g/mol. The van der Waals surface area contributed by atoms with E-state index in [1.807, 2.05) is 32.9 Å². The van der Waals surface area contributed by atoms with Gasteiger partial charge in [-0.2, -0.15) is 0 Å². The van der Waals surface area contributed by atoms with Gasteiger partial charge in [0, 0.05) is 31.2 Å². The average molecular weight is 413 g/mol. The van der Waals surface area contributed by atoms with Crippen LogP contribution in [-0.4, -0.2) is 80.2 Å². The lowest BCUT2D eigenvalue weighted by Gasteiger charge is -2.33. The maximum absolute atomic E-state index is 10.7. The highest BCUT2D eigenvalue weighted by molar-refractivity contribution is 6.30. The predicted molar refractivity (Wildman–Crippen MR) is 113 cm³/mol. The van der Waals surface area contributed by atoms with Gasteiger partial charge in [-0.15, -0.1) is 0 Å². The molecule has 7 nitrogen and oxygen atoms in total. The first-order valence-corrected chi connectivity index (χ1v) is 10.2. The molecule has 1 aliphatic heterocycles. The quantitative estimate of drug-likeness (QED) is 0.423. The van der Waals surface area contributed by atoms with E-state index in [4.69, 9.17) is 21.1 Å². The molecule has 28 heavy (non-hydrogen) atoms. The van der Waals surface area contributed by atoms with Crippen LogP contribution < -0.4 is 15.4 Å². The van der Waals surface area contributed by atoms with Crippen molar-refractivity contribution in [2.24, 2.45) is 4.99 Å². The number of nitrogens with one attached hydrogen (secondary N) is 2. The number of β-amino-alcohol motifs (C(OH)–C–C–N with tert-alkyl or cyclic N) is 1. The fraction of sp³-hybridized carbons (Fsp3) is 0.650. The van der Waals surface area contributed by atoms with Crippen LogP contribution in [-0.2, 0) is 4.74 Å². The Balaban J connectivity index is 1.82. The Hall–Kier alpha value is -1.54. The summed E-state index contributed by atoms with van der Waals surface area (Å²) < 4.78 is 11.2. The van der Waals surface area contributed by atoms with Crippen molar-refractivity contribution in [3.63, 3.8) is 0 Å². The van der Waals surface area contributed by atoms with Crippen molar-refractivity contribution in [2.75, 3.05) is 52.5 Å². The minimum absolute atomic E-state index is 0.0566. The van der Waals surface area contributed by atoms with Crippen molar-refractivity contribution in [1.29, 1.82) is 0 Å². The number of nitrogens with zero attached hydrogens (tertiary/aromatic N) is 2. The molecule has 8 heteroatoms. The van der Waals surface area contributed by atoms with Crippen LogP contribution in [0.25, 0.3) is 0 Å². The monoisotopic (exact) mass is 412 g/mol. The van der Waals surface area contributed by atoms with E-state index < -0.39 is 5.60 Å². The van der Waals surface area contributed by atoms with Crippen molar-refractivity contribution in [3.05, 3.63) is 29.3 Å². The molecule has 1 aromatic rings. The number of hydrogen-bond acceptors (Lipinski definition) is 5. The van der Waals surface area contributed by atoms with E-state index in [1.165, 1.54) is 0 Å². The zero-order chi connectivity index (χ0) is 20.4. The van der Waals surface area contributed by atoms with Gasteiger partial charge in [-0.3, -0.25) is 9.89 Å². The number of rotatable bonds is 9. The molecule has 1 fully saturated rings. The summed E-state index contributed by atoms with van der Waals surface area (Å²) in [7, 11) is 0. The molecule has 0 bridgehead atoms. The van der Waals surface area contributed by atoms with Crippen LogP contribution in [0.2, 0.25) is 5.02 Å². The molecule has 1 aromatic carbocycles. The number of guanidine groups is 1. The maximum Gasteiger partial charge on any atom is 0.191 e. The predicted octanol–water partition coefficient (Wildman–Crippen LogP) is 1.75. The molecule has 2 rings (SSSR count). The summed E-state index contributed by atoms with van der Waals surface area (Å²) in [4.78, 5) is 6.76. The molecule has 0 aromatic heterocycles. The van der Waals surface area contributed by atoms with Crippen molar-refractivity contribution in [1.82, 2.24) is 15.5 Å². The lowest BCUT2D eigenvalue weighted by Crippen LogP contribution is -2.48. The molecule has 1 aliphatic rings. The Morgan fingerprint density at radius 1 is 1.32 bits per heavy atom. The summed E-state index contributed by atoms with van der Waals surface area (Å²) in [5.41, 5.74) is -0.898. The molecule has 0 saturated carbocycles. The Labute approximate surface area is 173 Å². The van der Waals surface area contributed by atoms with Crippen molar-refractivity contribution < 1.29 is 14.6 Å². The van der Waals surface area contributed by atoms with Gasteiger partial charge >= 0.3 is 0 Å². The first-order chi connectivity index (χ1) is 13.4. The third-order valence-electron chi connectivity index (χ3n) is 4.30. The zero-order valence-corrected chi connectivity index (χ0v) is 17.8. The maximum atomic E-state index is 10.7. The number of halogens is 1. The molecule has 1 saturated heterocycles. The van der Waals surface area contributed by atoms with E-state index in [-0.39, 0.29) is 6.10 Å². The number of benzene rings is 1. The van der Waals surface area contributed by atoms with Gasteiger partial charge in [-0.1, -0.05) is 11.6 Å². The van der Waals surface area contributed by atoms with Crippen molar-refractivity contribution in [2.45, 2.75) is 32.5 Å². The molecule has 2 unspecified atom stereocenters. The second-order valence-electron chi connectivity index (χ2n) is 7.34. The molecule has 3 N–H and O–H groups in total. The molecule has 2 atom stereocenters. The lowest BCUT2D eigenvalue weighted by atomic mass is 10.1. The van der Waals surface area contributed by atoms with E-state index >= 15 is 0 Å². The summed E-state index contributed by atoms with van der Waals surface area (Å²) in [5, 5.41) is 17.9.